The summed E-state index contributed by atoms with van der Waals surface area (Å²) in [5.41, 5.74) is 1.51. The second-order valence-corrected chi connectivity index (χ2v) is 5.47. The molecule has 1 saturated heterocycles. The van der Waals surface area contributed by atoms with Crippen LogP contribution in [0.1, 0.15) is 5.56 Å². The first-order chi connectivity index (χ1) is 9.49. The first kappa shape index (κ1) is 13.3. The van der Waals surface area contributed by atoms with Gasteiger partial charge in [-0.25, -0.2) is 4.79 Å². The Morgan fingerprint density at radius 2 is 2.05 bits per heavy atom. The molecule has 0 radical (unpaired) electrons. The maximum atomic E-state index is 11.9. The topological polar surface area (TPSA) is 65.2 Å². The van der Waals surface area contributed by atoms with Gasteiger partial charge in [-0.3, -0.25) is 9.69 Å². The van der Waals surface area contributed by atoms with E-state index in [9.17, 15) is 9.59 Å². The number of aromatic nitrogens is 1. The normalized spacial score (nSPS) is 18.9. The van der Waals surface area contributed by atoms with Crippen LogP contribution in [0.25, 0.3) is 10.9 Å². The van der Waals surface area contributed by atoms with Gasteiger partial charge in [-0.15, -0.1) is 0 Å². The number of nitrogens with one attached hydrogen (secondary N) is 2. The minimum atomic E-state index is -0.594. The molecule has 7 heteroatoms. The molecule has 0 spiro atoms. The number of carbonyl (C=O) groups is 2. The van der Waals surface area contributed by atoms with Gasteiger partial charge in [0.2, 0.25) is 0 Å². The second kappa shape index (κ2) is 4.68. The SMILES string of the molecule is CN1C(=O)N[C@H](Cc2c(Cl)[nH]c3c(Cl)cccc23)C1=O. The fraction of sp³-hybridized carbons (Fsp3) is 0.231. The Bertz CT molecular complexity index is 726. The van der Waals surface area contributed by atoms with Crippen LogP contribution in [0.3, 0.4) is 0 Å². The number of rotatable bonds is 2. The third-order valence-electron chi connectivity index (χ3n) is 3.48. The molecular weight excluding hydrogens is 301 g/mol. The van der Waals surface area contributed by atoms with E-state index in [1.165, 1.54) is 7.05 Å². The van der Waals surface area contributed by atoms with Gasteiger partial charge in [0.05, 0.1) is 10.5 Å². The van der Waals surface area contributed by atoms with E-state index < -0.39 is 12.1 Å². The number of amides is 3. The molecule has 5 nitrogen and oxygen atoms in total. The molecule has 3 amide bonds. The molecule has 2 aromatic rings. The van der Waals surface area contributed by atoms with Gasteiger partial charge in [0.25, 0.3) is 5.91 Å². The van der Waals surface area contributed by atoms with E-state index in [2.05, 4.69) is 10.3 Å². The van der Waals surface area contributed by atoms with Gasteiger partial charge < -0.3 is 10.3 Å². The number of urea groups is 1. The van der Waals surface area contributed by atoms with E-state index in [1.807, 2.05) is 12.1 Å². The van der Waals surface area contributed by atoms with Crippen LogP contribution in [0.2, 0.25) is 10.2 Å². The van der Waals surface area contributed by atoms with Crippen molar-refractivity contribution in [3.8, 4) is 0 Å². The highest BCUT2D eigenvalue weighted by Gasteiger charge is 2.36. The Hall–Kier alpha value is -1.72. The maximum Gasteiger partial charge on any atom is 0.324 e. The number of nitrogens with zero attached hydrogens (tertiary/aromatic N) is 1. The molecule has 104 valence electrons. The van der Waals surface area contributed by atoms with Gasteiger partial charge in [0, 0.05) is 18.9 Å². The zero-order valence-electron chi connectivity index (χ0n) is 10.5. The summed E-state index contributed by atoms with van der Waals surface area (Å²) < 4.78 is 0. The standard InChI is InChI=1S/C13H11Cl2N3O2/c1-18-12(19)9(16-13(18)20)5-7-6-3-2-4-8(14)10(6)17-11(7)15/h2-4,9,17H,5H2,1H3,(H,16,20)/t9-/m1/s1. The summed E-state index contributed by atoms with van der Waals surface area (Å²) >= 11 is 12.3. The molecule has 2 N–H and O–H groups in total. The van der Waals surface area contributed by atoms with Crippen LogP contribution < -0.4 is 5.32 Å². The number of hydrogen-bond acceptors (Lipinski definition) is 2. The first-order valence-corrected chi connectivity index (χ1v) is 6.77. The zero-order valence-corrected chi connectivity index (χ0v) is 12.0. The van der Waals surface area contributed by atoms with Crippen molar-refractivity contribution in [3.05, 3.63) is 33.9 Å². The molecule has 0 unspecified atom stereocenters. The number of carbonyl (C=O) groups excluding carboxylic acids is 2. The number of aromatic amines is 1. The van der Waals surface area contributed by atoms with Crippen molar-refractivity contribution < 1.29 is 9.59 Å². The predicted molar refractivity (Wildman–Crippen MR) is 77.1 cm³/mol. The average Bonchev–Trinajstić information content (AvgIpc) is 2.85. The summed E-state index contributed by atoms with van der Waals surface area (Å²) in [6.07, 6.45) is 0.327. The monoisotopic (exact) mass is 311 g/mol. The lowest BCUT2D eigenvalue weighted by Crippen LogP contribution is -2.31. The van der Waals surface area contributed by atoms with E-state index in [1.54, 1.807) is 6.07 Å². The van der Waals surface area contributed by atoms with E-state index in [0.717, 1.165) is 21.4 Å². The quantitative estimate of drug-likeness (QED) is 0.837. The zero-order chi connectivity index (χ0) is 14.4. The molecule has 0 bridgehead atoms. The highest BCUT2D eigenvalue weighted by molar-refractivity contribution is 6.37. The van der Waals surface area contributed by atoms with Gasteiger partial charge in [-0.2, -0.15) is 0 Å². The van der Waals surface area contributed by atoms with Gasteiger partial charge in [0.1, 0.15) is 11.2 Å². The Labute approximate surface area is 124 Å². The average molecular weight is 312 g/mol. The van der Waals surface area contributed by atoms with Crippen LogP contribution in [0, 0.1) is 0 Å². The lowest BCUT2D eigenvalue weighted by molar-refractivity contribution is -0.126. The summed E-state index contributed by atoms with van der Waals surface area (Å²) in [6, 6.07) is 4.47. The number of fused-ring (bicyclic) bond motifs is 1. The van der Waals surface area contributed by atoms with Crippen LogP contribution in [-0.4, -0.2) is 34.9 Å². The molecule has 0 saturated carbocycles. The van der Waals surface area contributed by atoms with E-state index in [-0.39, 0.29) is 5.91 Å². The smallest absolute Gasteiger partial charge is 0.324 e. The van der Waals surface area contributed by atoms with Crippen LogP contribution >= 0.6 is 23.2 Å². The molecular formula is C13H11Cl2N3O2. The first-order valence-electron chi connectivity index (χ1n) is 6.01. The summed E-state index contributed by atoms with van der Waals surface area (Å²) in [5, 5.41) is 4.49. The van der Waals surface area contributed by atoms with Crippen molar-refractivity contribution in [3.63, 3.8) is 0 Å². The molecule has 20 heavy (non-hydrogen) atoms. The minimum absolute atomic E-state index is 0.262. The minimum Gasteiger partial charge on any atom is -0.344 e. The summed E-state index contributed by atoms with van der Waals surface area (Å²) in [4.78, 5) is 27.4. The molecule has 3 rings (SSSR count). The second-order valence-electron chi connectivity index (χ2n) is 4.68. The van der Waals surface area contributed by atoms with Crippen LogP contribution in [0.5, 0.6) is 0 Å². The maximum absolute atomic E-state index is 11.9. The van der Waals surface area contributed by atoms with E-state index in [0.29, 0.717) is 16.6 Å². The molecule has 1 atom stereocenters. The fourth-order valence-corrected chi connectivity index (χ4v) is 2.88. The molecule has 1 aliphatic rings. The number of likely N-dealkylation sites (N-methyl/N-ethyl adjacent to an activating group) is 1. The molecule has 0 aliphatic carbocycles. The molecule has 1 aromatic carbocycles. The van der Waals surface area contributed by atoms with Gasteiger partial charge in [-0.1, -0.05) is 35.3 Å². The van der Waals surface area contributed by atoms with E-state index in [4.69, 9.17) is 23.2 Å². The van der Waals surface area contributed by atoms with Crippen LogP contribution in [0.4, 0.5) is 4.79 Å². The summed E-state index contributed by atoms with van der Waals surface area (Å²) in [6.45, 7) is 0. The third-order valence-corrected chi connectivity index (χ3v) is 4.12. The molecule has 1 aromatic heterocycles. The Morgan fingerprint density at radius 1 is 1.30 bits per heavy atom. The Kier molecular flexibility index (Phi) is 3.11. The lowest BCUT2D eigenvalue weighted by atomic mass is 10.1. The predicted octanol–water partition coefficient (Wildman–Crippen LogP) is 2.57. The Morgan fingerprint density at radius 3 is 2.70 bits per heavy atom. The highest BCUT2D eigenvalue weighted by atomic mass is 35.5. The van der Waals surface area contributed by atoms with Crippen molar-refractivity contribution in [2.75, 3.05) is 7.05 Å². The molecule has 2 heterocycles. The van der Waals surface area contributed by atoms with Gasteiger partial charge >= 0.3 is 6.03 Å². The number of H-pyrrole nitrogens is 1. The van der Waals surface area contributed by atoms with Crippen LogP contribution in [0.15, 0.2) is 18.2 Å². The summed E-state index contributed by atoms with van der Waals surface area (Å²) in [5.74, 6) is -0.262. The van der Waals surface area contributed by atoms with Gasteiger partial charge in [0.15, 0.2) is 0 Å². The number of para-hydroxylation sites is 1. The number of benzene rings is 1. The molecule has 1 aliphatic heterocycles. The highest BCUT2D eigenvalue weighted by Crippen LogP contribution is 2.32. The summed E-state index contributed by atoms with van der Waals surface area (Å²) in [7, 11) is 1.45. The molecule has 1 fully saturated rings. The number of halogens is 2. The Balaban J connectivity index is 2.00. The van der Waals surface area contributed by atoms with Crippen molar-refractivity contribution in [1.82, 2.24) is 15.2 Å². The number of imide groups is 1. The van der Waals surface area contributed by atoms with Gasteiger partial charge in [-0.05, 0) is 11.6 Å². The lowest BCUT2D eigenvalue weighted by Gasteiger charge is -2.07. The van der Waals surface area contributed by atoms with Crippen molar-refractivity contribution >= 4 is 46.0 Å². The fourth-order valence-electron chi connectivity index (χ4n) is 2.39. The van der Waals surface area contributed by atoms with Crippen molar-refractivity contribution in [1.29, 1.82) is 0 Å². The number of hydrogen-bond donors (Lipinski definition) is 2. The third kappa shape index (κ3) is 1.94. The van der Waals surface area contributed by atoms with Crippen molar-refractivity contribution in [2.45, 2.75) is 12.5 Å². The van der Waals surface area contributed by atoms with E-state index >= 15 is 0 Å². The largest absolute Gasteiger partial charge is 0.344 e. The van der Waals surface area contributed by atoms with Crippen molar-refractivity contribution in [2.24, 2.45) is 0 Å². The van der Waals surface area contributed by atoms with Crippen LogP contribution in [-0.2, 0) is 11.2 Å².